The maximum atomic E-state index is 14.4. The number of rotatable bonds is 6. The number of anilines is 1. The highest BCUT2D eigenvalue weighted by molar-refractivity contribution is 6.08. The molecule has 1 N–H and O–H groups in total. The third-order valence-electron chi connectivity index (χ3n) is 9.38. The van der Waals surface area contributed by atoms with Crippen LogP contribution in [0.1, 0.15) is 71.6 Å². The smallest absolute Gasteiger partial charge is 0.254 e. The van der Waals surface area contributed by atoms with E-state index in [1.807, 2.05) is 36.4 Å². The Morgan fingerprint density at radius 1 is 0.905 bits per heavy atom. The first-order valence-corrected chi connectivity index (χ1v) is 15.5. The summed E-state index contributed by atoms with van der Waals surface area (Å²) in [5.41, 5.74) is 6.93. The van der Waals surface area contributed by atoms with Crippen LogP contribution in [-0.2, 0) is 6.42 Å². The molecule has 3 aromatic carbocycles. The SMILES string of the molecule is N#Cc1ccc(-c2ccc3nc(N[C@@H]4CCCc5ccccc54)cc(C(=O)N4CCC[C@H]4CN4CCCC4)c3c2)cc1. The minimum absolute atomic E-state index is 0.105. The number of aromatic nitrogens is 1. The molecule has 3 aliphatic rings. The second-order valence-corrected chi connectivity index (χ2v) is 12.1. The molecule has 1 aliphatic carbocycles. The van der Waals surface area contributed by atoms with Gasteiger partial charge in [0.05, 0.1) is 28.8 Å². The van der Waals surface area contributed by atoms with E-state index in [2.05, 4.69) is 57.6 Å². The standard InChI is InChI=1S/C36H37N5O/c37-23-25-12-14-26(15-13-25)28-16-17-34-31(21-28)32(36(42)41-20-6-9-29(41)24-40-18-3-4-19-40)22-35(39-34)38-33-11-5-8-27-7-1-2-10-30(27)33/h1-2,7,10,12-17,21-22,29,33H,3-6,8-9,11,18-20,24H2,(H,38,39)/t29-,33+/m0/s1. The van der Waals surface area contributed by atoms with Gasteiger partial charge in [0.25, 0.3) is 5.91 Å². The van der Waals surface area contributed by atoms with E-state index in [-0.39, 0.29) is 18.0 Å². The highest BCUT2D eigenvalue weighted by atomic mass is 16.2. The van der Waals surface area contributed by atoms with Gasteiger partial charge in [-0.2, -0.15) is 5.26 Å². The molecule has 6 nitrogen and oxygen atoms in total. The first kappa shape index (κ1) is 26.7. The van der Waals surface area contributed by atoms with Crippen molar-refractivity contribution < 1.29 is 4.79 Å². The number of hydrogen-bond donors (Lipinski definition) is 1. The molecule has 0 saturated carbocycles. The number of amides is 1. The van der Waals surface area contributed by atoms with Gasteiger partial charge in [0.15, 0.2) is 0 Å². The fraction of sp³-hybridized carbons (Fsp3) is 0.361. The molecule has 1 aromatic heterocycles. The molecular weight excluding hydrogens is 518 g/mol. The lowest BCUT2D eigenvalue weighted by Crippen LogP contribution is -2.42. The maximum absolute atomic E-state index is 14.4. The third kappa shape index (κ3) is 5.26. The molecular formula is C36H37N5O. The summed E-state index contributed by atoms with van der Waals surface area (Å²) in [7, 11) is 0. The van der Waals surface area contributed by atoms with Gasteiger partial charge in [-0.25, -0.2) is 4.98 Å². The van der Waals surface area contributed by atoms with Crippen LogP contribution in [0.2, 0.25) is 0 Å². The Kier molecular flexibility index (Phi) is 7.36. The summed E-state index contributed by atoms with van der Waals surface area (Å²) in [6.45, 7) is 4.05. The zero-order valence-corrected chi connectivity index (χ0v) is 24.1. The number of nitriles is 1. The molecule has 2 saturated heterocycles. The van der Waals surface area contributed by atoms with E-state index in [4.69, 9.17) is 4.98 Å². The maximum Gasteiger partial charge on any atom is 0.254 e. The van der Waals surface area contributed by atoms with Crippen molar-refractivity contribution in [2.75, 3.05) is 31.5 Å². The van der Waals surface area contributed by atoms with Crippen molar-refractivity contribution in [2.45, 2.75) is 57.0 Å². The first-order valence-electron chi connectivity index (χ1n) is 15.5. The van der Waals surface area contributed by atoms with Crippen molar-refractivity contribution in [3.05, 3.63) is 95.1 Å². The minimum atomic E-state index is 0.105. The van der Waals surface area contributed by atoms with E-state index in [0.717, 1.165) is 91.7 Å². The summed E-state index contributed by atoms with van der Waals surface area (Å²) in [4.78, 5) is 24.1. The van der Waals surface area contributed by atoms with Crippen molar-refractivity contribution in [1.82, 2.24) is 14.8 Å². The molecule has 6 heteroatoms. The summed E-state index contributed by atoms with van der Waals surface area (Å²) in [6, 6.07) is 27.1. The Morgan fingerprint density at radius 2 is 1.71 bits per heavy atom. The van der Waals surface area contributed by atoms with Crippen molar-refractivity contribution in [3.8, 4) is 17.2 Å². The summed E-state index contributed by atoms with van der Waals surface area (Å²) in [5.74, 6) is 0.863. The van der Waals surface area contributed by atoms with Gasteiger partial charge in [-0.1, -0.05) is 42.5 Å². The van der Waals surface area contributed by atoms with Gasteiger partial charge in [-0.15, -0.1) is 0 Å². The highest BCUT2D eigenvalue weighted by Crippen LogP contribution is 2.35. The first-order chi connectivity index (χ1) is 20.7. The van der Waals surface area contributed by atoms with Crippen molar-refractivity contribution >= 4 is 22.6 Å². The van der Waals surface area contributed by atoms with Crippen molar-refractivity contribution in [2.24, 2.45) is 0 Å². The highest BCUT2D eigenvalue weighted by Gasteiger charge is 2.33. The fourth-order valence-corrected chi connectivity index (χ4v) is 7.19. The zero-order chi connectivity index (χ0) is 28.5. The van der Waals surface area contributed by atoms with E-state index in [0.29, 0.717) is 5.56 Å². The predicted octanol–water partition coefficient (Wildman–Crippen LogP) is 6.96. The van der Waals surface area contributed by atoms with E-state index in [1.54, 1.807) is 0 Å². The number of carbonyl (C=O) groups excluding carboxylic acids is 1. The van der Waals surface area contributed by atoms with Crippen LogP contribution in [0.15, 0.2) is 72.8 Å². The summed E-state index contributed by atoms with van der Waals surface area (Å²) in [6.07, 6.45) is 7.91. The summed E-state index contributed by atoms with van der Waals surface area (Å²) >= 11 is 0. The molecule has 0 bridgehead atoms. The normalized spacial score (nSPS) is 20.4. The Hall–Kier alpha value is -4.21. The molecule has 2 aliphatic heterocycles. The molecule has 42 heavy (non-hydrogen) atoms. The number of aryl methyl sites for hydroxylation is 1. The average Bonchev–Trinajstić information content (AvgIpc) is 3.73. The second kappa shape index (κ2) is 11.6. The molecule has 2 atom stereocenters. The fourth-order valence-electron chi connectivity index (χ4n) is 7.19. The van der Waals surface area contributed by atoms with Crippen LogP contribution in [0.3, 0.4) is 0 Å². The molecule has 1 amide bonds. The van der Waals surface area contributed by atoms with Gasteiger partial charge in [0.2, 0.25) is 0 Å². The molecule has 0 unspecified atom stereocenters. The Morgan fingerprint density at radius 3 is 2.55 bits per heavy atom. The predicted molar refractivity (Wildman–Crippen MR) is 167 cm³/mol. The van der Waals surface area contributed by atoms with Gasteiger partial charge in [-0.05, 0) is 111 Å². The van der Waals surface area contributed by atoms with E-state index in [9.17, 15) is 10.1 Å². The third-order valence-corrected chi connectivity index (χ3v) is 9.38. The van der Waals surface area contributed by atoms with Crippen LogP contribution in [0.4, 0.5) is 5.82 Å². The minimum Gasteiger partial charge on any atom is -0.363 e. The summed E-state index contributed by atoms with van der Waals surface area (Å²) < 4.78 is 0. The average molecular weight is 556 g/mol. The van der Waals surface area contributed by atoms with Crippen molar-refractivity contribution in [1.29, 1.82) is 5.26 Å². The second-order valence-electron chi connectivity index (χ2n) is 12.1. The van der Waals surface area contributed by atoms with E-state index < -0.39 is 0 Å². The molecule has 212 valence electrons. The largest absolute Gasteiger partial charge is 0.363 e. The zero-order valence-electron chi connectivity index (χ0n) is 24.1. The van der Waals surface area contributed by atoms with Gasteiger partial charge in [0.1, 0.15) is 5.82 Å². The van der Waals surface area contributed by atoms with Crippen LogP contribution < -0.4 is 5.32 Å². The van der Waals surface area contributed by atoms with Crippen LogP contribution in [0.5, 0.6) is 0 Å². The van der Waals surface area contributed by atoms with Gasteiger partial charge >= 0.3 is 0 Å². The molecule has 0 spiro atoms. The lowest BCUT2D eigenvalue weighted by Gasteiger charge is -2.29. The number of carbonyl (C=O) groups is 1. The Bertz CT molecular complexity index is 1650. The van der Waals surface area contributed by atoms with E-state index >= 15 is 0 Å². The lowest BCUT2D eigenvalue weighted by molar-refractivity contribution is 0.0710. The number of nitrogens with zero attached hydrogens (tertiary/aromatic N) is 4. The number of pyridine rings is 1. The van der Waals surface area contributed by atoms with E-state index in [1.165, 1.54) is 24.0 Å². The van der Waals surface area contributed by atoms with Gasteiger partial charge < -0.3 is 15.1 Å². The number of hydrogen-bond acceptors (Lipinski definition) is 5. The molecule has 7 rings (SSSR count). The number of nitrogens with one attached hydrogen (secondary N) is 1. The molecule has 4 aromatic rings. The summed E-state index contributed by atoms with van der Waals surface area (Å²) in [5, 5.41) is 13.8. The Balaban J connectivity index is 1.27. The number of fused-ring (bicyclic) bond motifs is 2. The number of benzene rings is 3. The van der Waals surface area contributed by atoms with Gasteiger partial charge in [0, 0.05) is 24.5 Å². The molecule has 3 heterocycles. The van der Waals surface area contributed by atoms with Crippen LogP contribution in [-0.4, -0.2) is 52.9 Å². The lowest BCUT2D eigenvalue weighted by atomic mass is 9.88. The molecule has 2 fully saturated rings. The van der Waals surface area contributed by atoms with Crippen molar-refractivity contribution in [3.63, 3.8) is 0 Å². The Labute approximate surface area is 248 Å². The van der Waals surface area contributed by atoms with Gasteiger partial charge in [-0.3, -0.25) is 4.79 Å². The number of likely N-dealkylation sites (tertiary alicyclic amines) is 2. The quantitative estimate of drug-likeness (QED) is 0.278. The van der Waals surface area contributed by atoms with Crippen LogP contribution >= 0.6 is 0 Å². The monoisotopic (exact) mass is 555 g/mol. The molecule has 0 radical (unpaired) electrons. The van der Waals surface area contributed by atoms with Crippen LogP contribution in [0, 0.1) is 11.3 Å². The topological polar surface area (TPSA) is 72.3 Å². The van der Waals surface area contributed by atoms with Crippen LogP contribution in [0.25, 0.3) is 22.0 Å².